The number of amides is 1. The molecule has 2 heterocycles. The fourth-order valence-electron chi connectivity index (χ4n) is 3.91. The predicted molar refractivity (Wildman–Crippen MR) is 118 cm³/mol. The molecule has 5 nitrogen and oxygen atoms in total. The van der Waals surface area contributed by atoms with Crippen molar-refractivity contribution in [1.82, 2.24) is 0 Å². The number of anilines is 1. The molecule has 0 radical (unpaired) electrons. The monoisotopic (exact) mass is 461 g/mol. The van der Waals surface area contributed by atoms with Crippen molar-refractivity contribution in [2.75, 3.05) is 12.0 Å². The third-order valence-electron chi connectivity index (χ3n) is 5.29. The number of nitrogens with zero attached hydrogens (tertiary/aromatic N) is 1. The molecule has 1 aliphatic heterocycles. The molecule has 0 bridgehead atoms. The summed E-state index contributed by atoms with van der Waals surface area (Å²) in [5, 5.41) is 0.453. The van der Waals surface area contributed by atoms with Gasteiger partial charge in [-0.05, 0) is 54.1 Å². The molecule has 148 valence electrons. The summed E-state index contributed by atoms with van der Waals surface area (Å²) >= 11 is 3.43. The fraction of sp³-hybridized carbons (Fsp3) is 0.0833. The molecule has 0 fully saturated rings. The summed E-state index contributed by atoms with van der Waals surface area (Å²) in [7, 11) is 1.58. The molecule has 0 aliphatic carbocycles. The Morgan fingerprint density at radius 2 is 1.73 bits per heavy atom. The van der Waals surface area contributed by atoms with Crippen LogP contribution in [0.2, 0.25) is 0 Å². The molecule has 0 saturated carbocycles. The molecule has 3 aromatic carbocycles. The second-order valence-electron chi connectivity index (χ2n) is 7.00. The van der Waals surface area contributed by atoms with Gasteiger partial charge in [-0.3, -0.25) is 14.5 Å². The number of halogens is 1. The van der Waals surface area contributed by atoms with Crippen molar-refractivity contribution >= 4 is 38.5 Å². The number of methoxy groups -OCH3 is 1. The molecule has 0 N–H and O–H groups in total. The Morgan fingerprint density at radius 3 is 2.50 bits per heavy atom. The smallest absolute Gasteiger partial charge is 0.295 e. The van der Waals surface area contributed by atoms with E-state index in [1.165, 1.54) is 0 Å². The van der Waals surface area contributed by atoms with E-state index >= 15 is 0 Å². The SMILES string of the molecule is COc1cccc(C2c3c(oc4ccccc4c3=O)C(=O)N2c2ccc(Br)cc2)c1. The van der Waals surface area contributed by atoms with Gasteiger partial charge in [0, 0.05) is 10.2 Å². The van der Waals surface area contributed by atoms with Gasteiger partial charge in [-0.1, -0.05) is 40.2 Å². The van der Waals surface area contributed by atoms with Crippen molar-refractivity contribution < 1.29 is 13.9 Å². The van der Waals surface area contributed by atoms with Gasteiger partial charge in [0.2, 0.25) is 5.76 Å². The standard InChI is InChI=1S/C24H16BrNO4/c1-29-17-6-4-5-14(13-17)21-20-22(27)18-7-2-3-8-19(18)30-23(20)24(28)26(21)16-11-9-15(25)10-12-16/h2-13,21H,1H3. The van der Waals surface area contributed by atoms with E-state index in [0.717, 1.165) is 10.0 Å². The molecule has 30 heavy (non-hydrogen) atoms. The van der Waals surface area contributed by atoms with E-state index in [1.54, 1.807) is 36.3 Å². The molecule has 4 aromatic rings. The number of fused-ring (bicyclic) bond motifs is 2. The number of ether oxygens (including phenoxy) is 1. The van der Waals surface area contributed by atoms with E-state index in [9.17, 15) is 9.59 Å². The summed E-state index contributed by atoms with van der Waals surface area (Å²) in [5.74, 6) is 0.381. The van der Waals surface area contributed by atoms with Crippen LogP contribution in [0, 0.1) is 0 Å². The van der Waals surface area contributed by atoms with Crippen LogP contribution in [0.25, 0.3) is 11.0 Å². The van der Waals surface area contributed by atoms with E-state index in [2.05, 4.69) is 15.9 Å². The summed E-state index contributed by atoms with van der Waals surface area (Å²) in [5.41, 5.74) is 1.98. The van der Waals surface area contributed by atoms with Gasteiger partial charge in [0.05, 0.1) is 24.1 Å². The van der Waals surface area contributed by atoms with Crippen LogP contribution in [0.4, 0.5) is 5.69 Å². The van der Waals surface area contributed by atoms with Gasteiger partial charge >= 0.3 is 0 Å². The molecule has 1 atom stereocenters. The highest BCUT2D eigenvalue weighted by Crippen LogP contribution is 2.42. The van der Waals surface area contributed by atoms with Crippen molar-refractivity contribution in [3.8, 4) is 5.75 Å². The van der Waals surface area contributed by atoms with Gasteiger partial charge in [0.15, 0.2) is 5.43 Å². The maximum atomic E-state index is 13.5. The Hall–Kier alpha value is -3.38. The first-order chi connectivity index (χ1) is 14.6. The van der Waals surface area contributed by atoms with Crippen molar-refractivity contribution in [2.24, 2.45) is 0 Å². The van der Waals surface area contributed by atoms with Gasteiger partial charge in [-0.25, -0.2) is 0 Å². The van der Waals surface area contributed by atoms with E-state index < -0.39 is 6.04 Å². The number of hydrogen-bond donors (Lipinski definition) is 0. The quantitative estimate of drug-likeness (QED) is 0.414. The summed E-state index contributed by atoms with van der Waals surface area (Å²) in [4.78, 5) is 28.5. The lowest BCUT2D eigenvalue weighted by Gasteiger charge is -2.25. The Morgan fingerprint density at radius 1 is 0.967 bits per heavy atom. The highest BCUT2D eigenvalue weighted by Gasteiger charge is 2.43. The van der Waals surface area contributed by atoms with Crippen LogP contribution < -0.4 is 15.1 Å². The van der Waals surface area contributed by atoms with Crippen molar-refractivity contribution in [3.05, 3.63) is 104 Å². The van der Waals surface area contributed by atoms with Crippen LogP contribution in [0.1, 0.15) is 27.7 Å². The highest BCUT2D eigenvalue weighted by molar-refractivity contribution is 9.10. The molecular formula is C24H16BrNO4. The molecule has 0 spiro atoms. The Labute approximate surface area is 180 Å². The number of para-hydroxylation sites is 1. The lowest BCUT2D eigenvalue weighted by molar-refractivity contribution is 0.0971. The Bertz CT molecular complexity index is 1340. The molecular weight excluding hydrogens is 446 g/mol. The fourth-order valence-corrected chi connectivity index (χ4v) is 4.18. The average Bonchev–Trinajstić information content (AvgIpc) is 3.07. The lowest BCUT2D eigenvalue weighted by atomic mass is 9.98. The Kier molecular flexibility index (Phi) is 4.44. The zero-order chi connectivity index (χ0) is 20.8. The van der Waals surface area contributed by atoms with E-state index in [-0.39, 0.29) is 17.1 Å². The van der Waals surface area contributed by atoms with Crippen LogP contribution in [0.5, 0.6) is 5.75 Å². The number of carbonyl (C=O) groups excluding carboxylic acids is 1. The Balaban J connectivity index is 1.81. The normalized spacial score (nSPS) is 15.5. The number of rotatable bonds is 3. The molecule has 1 aromatic heterocycles. The van der Waals surface area contributed by atoms with Gasteiger partial charge in [-0.2, -0.15) is 0 Å². The molecule has 1 amide bonds. The molecule has 0 saturated heterocycles. The van der Waals surface area contributed by atoms with Crippen LogP contribution in [-0.2, 0) is 0 Å². The maximum Gasteiger partial charge on any atom is 0.295 e. The summed E-state index contributed by atoms with van der Waals surface area (Å²) in [6, 6.07) is 21.2. The molecule has 1 unspecified atom stereocenters. The minimum atomic E-state index is -0.621. The topological polar surface area (TPSA) is 59.8 Å². The number of benzene rings is 3. The summed E-state index contributed by atoms with van der Waals surface area (Å²) < 4.78 is 12.2. The zero-order valence-corrected chi connectivity index (χ0v) is 17.5. The maximum absolute atomic E-state index is 13.5. The third kappa shape index (κ3) is 2.83. The van der Waals surface area contributed by atoms with Crippen molar-refractivity contribution in [1.29, 1.82) is 0 Å². The van der Waals surface area contributed by atoms with Gasteiger partial charge in [0.1, 0.15) is 11.3 Å². The largest absolute Gasteiger partial charge is 0.497 e. The predicted octanol–water partition coefficient (Wildman–Crippen LogP) is 5.31. The van der Waals surface area contributed by atoms with Crippen LogP contribution >= 0.6 is 15.9 Å². The minimum absolute atomic E-state index is 0.0782. The third-order valence-corrected chi connectivity index (χ3v) is 5.82. The van der Waals surface area contributed by atoms with E-state index in [1.807, 2.05) is 48.5 Å². The van der Waals surface area contributed by atoms with Crippen LogP contribution in [-0.4, -0.2) is 13.0 Å². The van der Waals surface area contributed by atoms with Gasteiger partial charge in [-0.15, -0.1) is 0 Å². The zero-order valence-electron chi connectivity index (χ0n) is 16.0. The minimum Gasteiger partial charge on any atom is -0.497 e. The highest BCUT2D eigenvalue weighted by atomic mass is 79.9. The first kappa shape index (κ1) is 18.6. The second-order valence-corrected chi connectivity index (χ2v) is 7.92. The lowest BCUT2D eigenvalue weighted by Crippen LogP contribution is -2.29. The molecule has 6 heteroatoms. The van der Waals surface area contributed by atoms with Crippen LogP contribution in [0.3, 0.4) is 0 Å². The number of hydrogen-bond acceptors (Lipinski definition) is 4. The van der Waals surface area contributed by atoms with E-state index in [0.29, 0.717) is 28.0 Å². The summed E-state index contributed by atoms with van der Waals surface area (Å²) in [6.07, 6.45) is 0. The first-order valence-electron chi connectivity index (χ1n) is 9.37. The van der Waals surface area contributed by atoms with Gasteiger partial charge < -0.3 is 9.15 Å². The molecule has 5 rings (SSSR count). The second kappa shape index (κ2) is 7.15. The molecule has 1 aliphatic rings. The van der Waals surface area contributed by atoms with Crippen molar-refractivity contribution in [3.63, 3.8) is 0 Å². The van der Waals surface area contributed by atoms with E-state index in [4.69, 9.17) is 9.15 Å². The summed E-state index contributed by atoms with van der Waals surface area (Å²) in [6.45, 7) is 0. The number of carbonyl (C=O) groups is 1. The van der Waals surface area contributed by atoms with Gasteiger partial charge in [0.25, 0.3) is 5.91 Å². The van der Waals surface area contributed by atoms with Crippen LogP contribution in [0.15, 0.2) is 86.5 Å². The average molecular weight is 462 g/mol. The van der Waals surface area contributed by atoms with Crippen molar-refractivity contribution in [2.45, 2.75) is 6.04 Å². The first-order valence-corrected chi connectivity index (χ1v) is 10.2.